The van der Waals surface area contributed by atoms with Crippen molar-refractivity contribution in [3.63, 3.8) is 0 Å². The van der Waals surface area contributed by atoms with Crippen molar-refractivity contribution in [1.29, 1.82) is 0 Å². The summed E-state index contributed by atoms with van der Waals surface area (Å²) in [6.45, 7) is 2.14. The van der Waals surface area contributed by atoms with E-state index < -0.39 is 5.41 Å². The van der Waals surface area contributed by atoms with Crippen LogP contribution in [0.25, 0.3) is 21.5 Å². The van der Waals surface area contributed by atoms with E-state index in [4.69, 9.17) is 9.47 Å². The van der Waals surface area contributed by atoms with Crippen LogP contribution in [0.1, 0.15) is 18.1 Å². The van der Waals surface area contributed by atoms with Gasteiger partial charge in [-0.05, 0) is 52.3 Å². The second-order valence-corrected chi connectivity index (χ2v) is 7.47. The second-order valence-electron chi connectivity index (χ2n) is 7.47. The van der Waals surface area contributed by atoms with E-state index in [0.717, 1.165) is 17.1 Å². The first-order valence-corrected chi connectivity index (χ1v) is 9.52. The molecule has 2 nitrogen and oxygen atoms in total. The first-order valence-electron chi connectivity index (χ1n) is 9.52. The second kappa shape index (κ2) is 5.49. The smallest absolute Gasteiger partial charge is 0.131 e. The van der Waals surface area contributed by atoms with Gasteiger partial charge in [-0.3, -0.25) is 0 Å². The van der Waals surface area contributed by atoms with Crippen LogP contribution in [0.4, 0.5) is 0 Å². The van der Waals surface area contributed by atoms with Crippen LogP contribution < -0.4 is 9.47 Å². The average molecular weight is 362 g/mol. The molecule has 2 aliphatic rings. The first kappa shape index (κ1) is 15.5. The third kappa shape index (κ3) is 1.87. The van der Waals surface area contributed by atoms with Gasteiger partial charge < -0.3 is 9.47 Å². The van der Waals surface area contributed by atoms with Crippen LogP contribution in [0.5, 0.6) is 11.5 Å². The van der Waals surface area contributed by atoms with Crippen LogP contribution in [0.3, 0.4) is 0 Å². The number of hydrogen-bond donors (Lipinski definition) is 0. The summed E-state index contributed by atoms with van der Waals surface area (Å²) in [7, 11) is 0. The first-order chi connectivity index (χ1) is 13.8. The third-order valence-electron chi connectivity index (χ3n) is 6.07. The fourth-order valence-electron chi connectivity index (χ4n) is 4.78. The van der Waals surface area contributed by atoms with Gasteiger partial charge in [0, 0.05) is 11.1 Å². The zero-order valence-corrected chi connectivity index (χ0v) is 15.5. The number of allylic oxidation sites excluding steroid dienone is 2. The summed E-state index contributed by atoms with van der Waals surface area (Å²) in [6.07, 6.45) is 5.89. The molecule has 134 valence electrons. The van der Waals surface area contributed by atoms with Gasteiger partial charge >= 0.3 is 0 Å². The van der Waals surface area contributed by atoms with Gasteiger partial charge in [-0.25, -0.2) is 0 Å². The molecule has 0 amide bonds. The highest BCUT2D eigenvalue weighted by Crippen LogP contribution is 2.55. The minimum atomic E-state index is -0.428. The highest BCUT2D eigenvalue weighted by Gasteiger charge is 2.44. The lowest BCUT2D eigenvalue weighted by molar-refractivity contribution is 0.409. The van der Waals surface area contributed by atoms with E-state index in [-0.39, 0.29) is 0 Å². The van der Waals surface area contributed by atoms with E-state index in [1.807, 2.05) is 12.5 Å². The van der Waals surface area contributed by atoms with Gasteiger partial charge in [0.1, 0.15) is 11.5 Å². The molecule has 4 aromatic carbocycles. The van der Waals surface area contributed by atoms with Crippen molar-refractivity contribution in [3.05, 3.63) is 108 Å². The van der Waals surface area contributed by atoms with E-state index in [2.05, 4.69) is 85.8 Å². The van der Waals surface area contributed by atoms with E-state index in [1.54, 1.807) is 0 Å². The fraction of sp³-hybridized carbons (Fsp3) is 0.0769. The molecular weight excluding hydrogens is 344 g/mol. The Hall–Kier alpha value is -3.52. The van der Waals surface area contributed by atoms with Crippen LogP contribution in [-0.2, 0) is 5.41 Å². The molecule has 6 rings (SSSR count). The number of fused-ring (bicyclic) bond motifs is 8. The Bertz CT molecular complexity index is 1280. The Morgan fingerprint density at radius 2 is 1.21 bits per heavy atom. The normalized spacial score (nSPS) is 19.7. The van der Waals surface area contributed by atoms with Gasteiger partial charge in [-0.15, -0.1) is 0 Å². The lowest BCUT2D eigenvalue weighted by atomic mass is 9.65. The van der Waals surface area contributed by atoms with Gasteiger partial charge in [-0.1, -0.05) is 60.7 Å². The maximum absolute atomic E-state index is 6.06. The molecule has 0 bridgehead atoms. The SMILES string of the molecule is CC1=COc2ccc3ccccc3c2C12C=COc1ccc3ccccc3c12. The molecule has 1 unspecified atom stereocenters. The van der Waals surface area contributed by atoms with Crippen LogP contribution in [-0.4, -0.2) is 0 Å². The molecule has 1 atom stereocenters. The monoisotopic (exact) mass is 362 g/mol. The number of benzene rings is 4. The molecule has 28 heavy (non-hydrogen) atoms. The minimum Gasteiger partial charge on any atom is -0.465 e. The zero-order valence-electron chi connectivity index (χ0n) is 15.5. The van der Waals surface area contributed by atoms with Crippen molar-refractivity contribution >= 4 is 21.5 Å². The van der Waals surface area contributed by atoms with Gasteiger partial charge in [0.25, 0.3) is 0 Å². The molecule has 0 aromatic heterocycles. The van der Waals surface area contributed by atoms with Crippen molar-refractivity contribution in [1.82, 2.24) is 0 Å². The molecule has 2 heterocycles. The van der Waals surface area contributed by atoms with Crippen molar-refractivity contribution in [2.24, 2.45) is 0 Å². The summed E-state index contributed by atoms with van der Waals surface area (Å²) in [4.78, 5) is 0. The molecule has 0 saturated heterocycles. The number of ether oxygens (including phenoxy) is 2. The summed E-state index contributed by atoms with van der Waals surface area (Å²) in [5.74, 6) is 1.80. The molecule has 0 radical (unpaired) electrons. The predicted octanol–water partition coefficient (Wildman–Crippen LogP) is 6.48. The van der Waals surface area contributed by atoms with Crippen LogP contribution in [0, 0.1) is 0 Å². The molecule has 2 aliphatic heterocycles. The predicted molar refractivity (Wildman–Crippen MR) is 113 cm³/mol. The lowest BCUT2D eigenvalue weighted by Crippen LogP contribution is -2.33. The van der Waals surface area contributed by atoms with Gasteiger partial charge in [0.05, 0.1) is 17.9 Å². The quantitative estimate of drug-likeness (QED) is 0.356. The Kier molecular flexibility index (Phi) is 3.05. The summed E-state index contributed by atoms with van der Waals surface area (Å²) in [5, 5.41) is 4.83. The fourth-order valence-corrected chi connectivity index (χ4v) is 4.78. The van der Waals surface area contributed by atoms with Gasteiger partial charge in [0.15, 0.2) is 0 Å². The highest BCUT2D eigenvalue weighted by atomic mass is 16.5. The van der Waals surface area contributed by atoms with Crippen molar-refractivity contribution < 1.29 is 9.47 Å². The number of hydrogen-bond acceptors (Lipinski definition) is 2. The third-order valence-corrected chi connectivity index (χ3v) is 6.07. The lowest BCUT2D eigenvalue weighted by Gasteiger charge is -2.40. The molecule has 0 saturated carbocycles. The van der Waals surface area contributed by atoms with Crippen molar-refractivity contribution in [3.8, 4) is 11.5 Å². The van der Waals surface area contributed by atoms with Gasteiger partial charge in [0.2, 0.25) is 0 Å². The van der Waals surface area contributed by atoms with Gasteiger partial charge in [-0.2, -0.15) is 0 Å². The zero-order chi connectivity index (χ0) is 18.7. The minimum absolute atomic E-state index is 0.428. The summed E-state index contributed by atoms with van der Waals surface area (Å²) in [5.41, 5.74) is 3.09. The molecule has 0 aliphatic carbocycles. The molecule has 0 fully saturated rings. The van der Waals surface area contributed by atoms with E-state index in [9.17, 15) is 0 Å². The van der Waals surface area contributed by atoms with E-state index in [1.165, 1.54) is 32.7 Å². The maximum Gasteiger partial charge on any atom is 0.131 e. The molecular formula is C26H18O2. The Labute approximate surface area is 163 Å². The summed E-state index contributed by atoms with van der Waals surface area (Å²) in [6, 6.07) is 25.5. The molecule has 0 N–H and O–H groups in total. The summed E-state index contributed by atoms with van der Waals surface area (Å²) < 4.78 is 12.0. The Morgan fingerprint density at radius 3 is 1.86 bits per heavy atom. The standard InChI is InChI=1S/C26H18O2/c1-17-16-28-23-13-11-19-7-3-5-9-21(19)25(23)26(17)14-15-27-22-12-10-18-6-2-4-8-20(18)24(22)26/h2-16H,1H3. The van der Waals surface area contributed by atoms with Crippen LogP contribution in [0.15, 0.2) is 97.0 Å². The van der Waals surface area contributed by atoms with Crippen molar-refractivity contribution in [2.75, 3.05) is 0 Å². The largest absolute Gasteiger partial charge is 0.465 e. The van der Waals surface area contributed by atoms with Crippen molar-refractivity contribution in [2.45, 2.75) is 12.3 Å². The molecule has 1 spiro atoms. The Morgan fingerprint density at radius 1 is 0.643 bits per heavy atom. The highest BCUT2D eigenvalue weighted by molar-refractivity contribution is 5.96. The Balaban J connectivity index is 1.83. The molecule has 4 aromatic rings. The molecule has 2 heteroatoms. The van der Waals surface area contributed by atoms with Crippen LogP contribution >= 0.6 is 0 Å². The number of rotatable bonds is 0. The van der Waals surface area contributed by atoms with E-state index >= 15 is 0 Å². The van der Waals surface area contributed by atoms with E-state index in [0.29, 0.717) is 0 Å². The van der Waals surface area contributed by atoms with Crippen LogP contribution in [0.2, 0.25) is 0 Å². The topological polar surface area (TPSA) is 18.5 Å². The summed E-state index contributed by atoms with van der Waals surface area (Å²) >= 11 is 0. The maximum atomic E-state index is 6.06. The average Bonchev–Trinajstić information content (AvgIpc) is 2.76.